The van der Waals surface area contributed by atoms with Gasteiger partial charge in [0.05, 0.1) is 55.8 Å². The number of nitrogens with zero attached hydrogens (tertiary/aromatic N) is 4. The van der Waals surface area contributed by atoms with Gasteiger partial charge >= 0.3 is 12.2 Å². The number of rotatable bonds is 11. The SMILES string of the molecule is COC(=O)N[C@H](C(=O)N1CCC[C@H]1C1=NC(c2ccc(-c3ccc(-c4cnc([C@@H]5CCCN5C(=O)[C@@H](NC(=O)OC)C(C)C)[nH]4)cc3)c3[nH]c(C)cc23)C(C)N1)C(C)C. The second-order valence-corrected chi connectivity index (χ2v) is 16.7. The van der Waals surface area contributed by atoms with E-state index < -0.39 is 24.3 Å². The minimum atomic E-state index is -0.695. The van der Waals surface area contributed by atoms with E-state index in [9.17, 15) is 19.2 Å². The fourth-order valence-electron chi connectivity index (χ4n) is 8.87. The van der Waals surface area contributed by atoms with Gasteiger partial charge in [-0.15, -0.1) is 0 Å². The molecular weight excluding hydrogens is 751 g/mol. The maximum Gasteiger partial charge on any atom is 0.407 e. The van der Waals surface area contributed by atoms with Crippen LogP contribution >= 0.6 is 0 Å². The molecule has 4 aromatic rings. The molecule has 59 heavy (non-hydrogen) atoms. The van der Waals surface area contributed by atoms with E-state index in [1.54, 1.807) is 0 Å². The molecule has 0 aliphatic carbocycles. The van der Waals surface area contributed by atoms with E-state index in [0.717, 1.165) is 81.9 Å². The lowest BCUT2D eigenvalue weighted by atomic mass is 9.93. The van der Waals surface area contributed by atoms with Gasteiger partial charge in [0.2, 0.25) is 11.8 Å². The number of amidine groups is 1. The third-order valence-corrected chi connectivity index (χ3v) is 12.0. The number of aromatic nitrogens is 3. The van der Waals surface area contributed by atoms with Gasteiger partial charge in [-0.2, -0.15) is 0 Å². The molecule has 2 aromatic carbocycles. The summed E-state index contributed by atoms with van der Waals surface area (Å²) < 4.78 is 9.58. The van der Waals surface area contributed by atoms with Crippen molar-refractivity contribution in [2.24, 2.45) is 16.8 Å². The quantitative estimate of drug-likeness (QED) is 0.116. The molecule has 2 aromatic heterocycles. The van der Waals surface area contributed by atoms with E-state index in [0.29, 0.717) is 13.1 Å². The highest BCUT2D eigenvalue weighted by Crippen LogP contribution is 2.39. The van der Waals surface area contributed by atoms with Crippen LogP contribution in [0.25, 0.3) is 33.3 Å². The first kappa shape index (κ1) is 41.3. The molecule has 3 aliphatic heterocycles. The smallest absolute Gasteiger partial charge is 0.407 e. The molecule has 4 amide bonds. The lowest BCUT2D eigenvalue weighted by Gasteiger charge is -2.31. The lowest BCUT2D eigenvalue weighted by molar-refractivity contribution is -0.135. The lowest BCUT2D eigenvalue weighted by Crippen LogP contribution is -2.55. The molecule has 314 valence electrons. The van der Waals surface area contributed by atoms with E-state index in [4.69, 9.17) is 19.5 Å². The molecule has 3 aliphatic rings. The fourth-order valence-corrected chi connectivity index (χ4v) is 8.87. The number of ether oxygens (including phenoxy) is 2. The Morgan fingerprint density at radius 1 is 0.797 bits per heavy atom. The Balaban J connectivity index is 1.09. The molecule has 5 heterocycles. The van der Waals surface area contributed by atoms with Crippen molar-refractivity contribution in [3.8, 4) is 22.4 Å². The Hall–Kier alpha value is -5.86. The topological polar surface area (TPSA) is 186 Å². The number of likely N-dealkylation sites (tertiary alicyclic amines) is 2. The van der Waals surface area contributed by atoms with Crippen LogP contribution in [0.4, 0.5) is 9.59 Å². The summed E-state index contributed by atoms with van der Waals surface area (Å²) in [6.07, 6.45) is 3.83. The summed E-state index contributed by atoms with van der Waals surface area (Å²) in [5, 5.41) is 10.2. The third kappa shape index (κ3) is 8.24. The first-order chi connectivity index (χ1) is 28.3. The Labute approximate surface area is 345 Å². The van der Waals surface area contributed by atoms with E-state index in [1.807, 2.05) is 43.7 Å². The molecule has 15 nitrogen and oxygen atoms in total. The van der Waals surface area contributed by atoms with Gasteiger partial charge < -0.3 is 45.2 Å². The number of alkyl carbamates (subject to hydrolysis) is 2. The number of H-pyrrole nitrogens is 2. The van der Waals surface area contributed by atoms with E-state index in [2.05, 4.69) is 82.2 Å². The summed E-state index contributed by atoms with van der Waals surface area (Å²) in [7, 11) is 2.59. The maximum atomic E-state index is 13.8. The van der Waals surface area contributed by atoms with Gasteiger partial charge in [-0.1, -0.05) is 64.1 Å². The summed E-state index contributed by atoms with van der Waals surface area (Å²) in [6, 6.07) is 12.9. The summed E-state index contributed by atoms with van der Waals surface area (Å²) in [6.45, 7) is 13.0. The molecule has 5 N–H and O–H groups in total. The first-order valence-corrected chi connectivity index (χ1v) is 20.7. The van der Waals surface area contributed by atoms with Crippen molar-refractivity contribution in [3.05, 3.63) is 65.7 Å². The van der Waals surface area contributed by atoms with Crippen LogP contribution < -0.4 is 16.0 Å². The zero-order valence-corrected chi connectivity index (χ0v) is 35.2. The average Bonchev–Trinajstić information content (AvgIpc) is 4.07. The predicted molar refractivity (Wildman–Crippen MR) is 226 cm³/mol. The molecule has 0 saturated carbocycles. The number of carbonyl (C=O) groups excluding carboxylic acids is 4. The third-order valence-electron chi connectivity index (χ3n) is 12.0. The van der Waals surface area contributed by atoms with Crippen LogP contribution in [0.2, 0.25) is 0 Å². The summed E-state index contributed by atoms with van der Waals surface area (Å²) in [5.41, 5.74) is 7.14. The molecule has 2 saturated heterocycles. The first-order valence-electron chi connectivity index (χ1n) is 20.7. The van der Waals surface area contributed by atoms with Crippen LogP contribution in [-0.2, 0) is 19.1 Å². The fraction of sp³-hybridized carbons (Fsp3) is 0.500. The van der Waals surface area contributed by atoms with Gasteiger partial charge in [0.15, 0.2) is 0 Å². The zero-order chi connectivity index (χ0) is 42.1. The van der Waals surface area contributed by atoms with Gasteiger partial charge in [-0.25, -0.2) is 14.6 Å². The molecule has 6 atom stereocenters. The highest BCUT2D eigenvalue weighted by Gasteiger charge is 2.41. The molecule has 2 unspecified atom stereocenters. The van der Waals surface area contributed by atoms with Crippen LogP contribution in [0.3, 0.4) is 0 Å². The summed E-state index contributed by atoms with van der Waals surface area (Å²) >= 11 is 0. The molecular formula is C44H57N9O6. The molecule has 0 spiro atoms. The Kier molecular flexibility index (Phi) is 12.0. The van der Waals surface area contributed by atoms with Gasteiger partial charge in [-0.3, -0.25) is 14.6 Å². The van der Waals surface area contributed by atoms with E-state index in [-0.39, 0.29) is 47.8 Å². The van der Waals surface area contributed by atoms with Crippen LogP contribution in [0.15, 0.2) is 53.7 Å². The second kappa shape index (κ2) is 17.2. The van der Waals surface area contributed by atoms with Crippen molar-refractivity contribution in [2.45, 2.75) is 103 Å². The number of aryl methyl sites for hydroxylation is 1. The molecule has 2 fully saturated rings. The zero-order valence-electron chi connectivity index (χ0n) is 35.2. The number of carbonyl (C=O) groups is 4. The number of methoxy groups -OCH3 is 2. The van der Waals surface area contributed by atoms with Crippen molar-refractivity contribution in [1.29, 1.82) is 0 Å². The highest BCUT2D eigenvalue weighted by molar-refractivity contribution is 5.99. The maximum absolute atomic E-state index is 13.8. The van der Waals surface area contributed by atoms with Crippen LogP contribution in [-0.4, -0.2) is 106 Å². The average molecular weight is 808 g/mol. The minimum absolute atomic E-state index is 0.00192. The Bertz CT molecular complexity index is 2230. The molecule has 0 bridgehead atoms. The van der Waals surface area contributed by atoms with Crippen LogP contribution in [0.5, 0.6) is 0 Å². The number of imidazole rings is 1. The number of aliphatic imine (C=N–C) groups is 1. The Morgan fingerprint density at radius 3 is 1.97 bits per heavy atom. The number of benzene rings is 2. The van der Waals surface area contributed by atoms with Gasteiger partial charge in [0.25, 0.3) is 0 Å². The van der Waals surface area contributed by atoms with Crippen molar-refractivity contribution in [3.63, 3.8) is 0 Å². The summed E-state index contributed by atoms with van der Waals surface area (Å²) in [4.78, 5) is 72.2. The number of amides is 4. The van der Waals surface area contributed by atoms with Crippen molar-refractivity contribution >= 4 is 40.7 Å². The monoisotopic (exact) mass is 807 g/mol. The van der Waals surface area contributed by atoms with Crippen LogP contribution in [0.1, 0.15) is 89.5 Å². The Morgan fingerprint density at radius 2 is 1.37 bits per heavy atom. The number of fused-ring (bicyclic) bond motifs is 1. The number of aromatic amines is 2. The number of hydrogen-bond acceptors (Lipinski definition) is 9. The minimum Gasteiger partial charge on any atom is -0.453 e. The normalized spacial score (nSPS) is 21.4. The van der Waals surface area contributed by atoms with Crippen molar-refractivity contribution in [2.75, 3.05) is 27.3 Å². The molecule has 0 radical (unpaired) electrons. The van der Waals surface area contributed by atoms with Gasteiger partial charge in [-0.05, 0) is 74.1 Å². The van der Waals surface area contributed by atoms with Gasteiger partial charge in [0.1, 0.15) is 23.7 Å². The van der Waals surface area contributed by atoms with E-state index in [1.165, 1.54) is 14.2 Å². The second-order valence-electron chi connectivity index (χ2n) is 16.7. The molecule has 7 rings (SSSR count). The standard InChI is InChI=1S/C44H57N9O6/c1-23(2)35(50-43(56)58-7)41(54)52-19-9-11-33(52)39-45-22-32(48-39)28-15-13-27(14-16-28)29-17-18-30(31-21-25(5)46-38(29)31)37-26(6)47-40(49-37)34-12-10-20-53(34)42(55)36(24(3)4)51-44(57)59-8/h13-18,21-24,26,33-37,46H,9-12,19-20H2,1-8H3,(H,45,48)(H,47,49)(H,50,56)(H,51,57)/t26?,33-,34-,35-,36-,37?/m0/s1. The number of nitrogens with one attached hydrogen (secondary N) is 5. The number of hydrogen-bond donors (Lipinski definition) is 5. The van der Waals surface area contributed by atoms with Crippen LogP contribution in [0, 0.1) is 18.8 Å². The highest BCUT2D eigenvalue weighted by atomic mass is 16.5. The van der Waals surface area contributed by atoms with Crippen molar-refractivity contribution < 1.29 is 28.7 Å². The summed E-state index contributed by atoms with van der Waals surface area (Å²) in [5.74, 6) is 1.04. The largest absolute Gasteiger partial charge is 0.453 e. The van der Waals surface area contributed by atoms with E-state index >= 15 is 0 Å². The predicted octanol–water partition coefficient (Wildman–Crippen LogP) is 6.38. The molecule has 15 heteroatoms. The van der Waals surface area contributed by atoms with Crippen molar-refractivity contribution in [1.82, 2.24) is 40.7 Å². The van der Waals surface area contributed by atoms with Gasteiger partial charge in [0, 0.05) is 29.7 Å².